The second-order valence-electron chi connectivity index (χ2n) is 5.78. The van der Waals surface area contributed by atoms with Crippen molar-refractivity contribution in [2.24, 2.45) is 0 Å². The molecule has 0 amide bonds. The van der Waals surface area contributed by atoms with Crippen molar-refractivity contribution >= 4 is 12.2 Å². The Hall–Kier alpha value is -3.00. The highest BCUT2D eigenvalue weighted by Crippen LogP contribution is 2.30. The minimum absolute atomic E-state index is 0.744. The van der Waals surface area contributed by atoms with Crippen LogP contribution >= 0.6 is 0 Å². The van der Waals surface area contributed by atoms with Crippen LogP contribution in [0.3, 0.4) is 0 Å². The third-order valence-corrected chi connectivity index (χ3v) is 3.93. The van der Waals surface area contributed by atoms with E-state index in [-0.39, 0.29) is 0 Å². The van der Waals surface area contributed by atoms with Crippen LogP contribution in [0.5, 0.6) is 11.5 Å². The van der Waals surface area contributed by atoms with Crippen molar-refractivity contribution < 1.29 is 9.47 Å². The van der Waals surface area contributed by atoms with E-state index in [1.807, 2.05) is 90.1 Å². The summed E-state index contributed by atoms with van der Waals surface area (Å²) in [5.41, 5.74) is 4.44. The number of allylic oxidation sites excluding steroid dienone is 2. The van der Waals surface area contributed by atoms with Gasteiger partial charge in [-0.25, -0.2) is 0 Å². The van der Waals surface area contributed by atoms with E-state index in [9.17, 15) is 0 Å². The summed E-state index contributed by atoms with van der Waals surface area (Å²) in [7, 11) is 0. The predicted octanol–water partition coefficient (Wildman–Crippen LogP) is 8.04. The van der Waals surface area contributed by atoms with Gasteiger partial charge in [-0.2, -0.15) is 0 Å². The number of para-hydroxylation sites is 2. The maximum absolute atomic E-state index is 5.48. The van der Waals surface area contributed by atoms with Gasteiger partial charge in [-0.1, -0.05) is 77.3 Å². The van der Waals surface area contributed by atoms with Gasteiger partial charge in [0.2, 0.25) is 0 Å². The average molecular weight is 377 g/mol. The molecule has 0 radical (unpaired) electrons. The topological polar surface area (TPSA) is 18.5 Å². The van der Waals surface area contributed by atoms with Crippen molar-refractivity contribution in [2.75, 3.05) is 0 Å². The number of ether oxygens (including phenoxy) is 2. The fraction of sp³-hybridized carbons (Fsp3) is 0.231. The number of benzene rings is 2. The second kappa shape index (κ2) is 11.7. The van der Waals surface area contributed by atoms with Gasteiger partial charge in [-0.3, -0.25) is 0 Å². The lowest BCUT2D eigenvalue weighted by atomic mass is 10.1. The van der Waals surface area contributed by atoms with Crippen molar-refractivity contribution in [1.82, 2.24) is 0 Å². The van der Waals surface area contributed by atoms with Gasteiger partial charge in [0, 0.05) is 11.1 Å². The molecule has 2 aliphatic heterocycles. The van der Waals surface area contributed by atoms with Gasteiger partial charge >= 0.3 is 0 Å². The van der Waals surface area contributed by atoms with Crippen LogP contribution < -0.4 is 9.47 Å². The van der Waals surface area contributed by atoms with Crippen molar-refractivity contribution in [3.63, 3.8) is 0 Å². The van der Waals surface area contributed by atoms with E-state index in [0.717, 1.165) is 45.3 Å². The van der Waals surface area contributed by atoms with Gasteiger partial charge in [0.25, 0.3) is 0 Å². The molecule has 0 N–H and O–H groups in total. The van der Waals surface area contributed by atoms with Crippen LogP contribution in [0.4, 0.5) is 0 Å². The van der Waals surface area contributed by atoms with Crippen LogP contribution in [0.25, 0.3) is 12.2 Å². The summed E-state index contributed by atoms with van der Waals surface area (Å²) in [6.45, 7) is 19.6. The Morgan fingerprint density at radius 1 is 0.571 bits per heavy atom. The monoisotopic (exact) mass is 376 g/mol. The molecule has 2 aromatic carbocycles. The second-order valence-corrected chi connectivity index (χ2v) is 5.78. The molecule has 2 aliphatic rings. The van der Waals surface area contributed by atoms with Gasteiger partial charge in [0.05, 0.1) is 0 Å². The van der Waals surface area contributed by atoms with Gasteiger partial charge in [-0.05, 0) is 49.3 Å². The smallest absolute Gasteiger partial charge is 0.134 e. The molecule has 0 aromatic heterocycles. The Balaban J connectivity index is 0.000000238. The Bertz CT molecular complexity index is 796. The van der Waals surface area contributed by atoms with E-state index in [1.54, 1.807) is 0 Å². The summed E-state index contributed by atoms with van der Waals surface area (Å²) >= 11 is 0. The van der Waals surface area contributed by atoms with E-state index in [2.05, 4.69) is 25.3 Å². The molecule has 2 nitrogen and oxygen atoms in total. The summed E-state index contributed by atoms with van der Waals surface area (Å²) in [5.74, 6) is 3.28. The lowest BCUT2D eigenvalue weighted by Crippen LogP contribution is -2.01. The molecule has 28 heavy (non-hydrogen) atoms. The maximum atomic E-state index is 5.48. The van der Waals surface area contributed by atoms with Gasteiger partial charge in [0.15, 0.2) is 0 Å². The summed E-state index contributed by atoms with van der Waals surface area (Å²) < 4.78 is 11.0. The molecule has 0 atom stereocenters. The molecule has 0 aliphatic carbocycles. The van der Waals surface area contributed by atoms with Crippen molar-refractivity contribution in [3.8, 4) is 11.5 Å². The first kappa shape index (κ1) is 23.0. The van der Waals surface area contributed by atoms with Crippen molar-refractivity contribution in [1.29, 1.82) is 0 Å². The van der Waals surface area contributed by atoms with Crippen LogP contribution in [0.15, 0.2) is 84.4 Å². The predicted molar refractivity (Wildman–Crippen MR) is 122 cm³/mol. The van der Waals surface area contributed by atoms with Crippen LogP contribution in [0.1, 0.15) is 52.7 Å². The highest BCUT2D eigenvalue weighted by atomic mass is 16.5. The molecule has 2 heteroatoms. The van der Waals surface area contributed by atoms with Gasteiger partial charge < -0.3 is 9.47 Å². The molecule has 0 fully saturated rings. The van der Waals surface area contributed by atoms with E-state index >= 15 is 0 Å². The zero-order chi connectivity index (χ0) is 21.1. The highest BCUT2D eigenvalue weighted by Gasteiger charge is 2.11. The van der Waals surface area contributed by atoms with E-state index < -0.39 is 0 Å². The molecule has 2 aromatic rings. The van der Waals surface area contributed by atoms with E-state index in [4.69, 9.17) is 9.47 Å². The lowest BCUT2D eigenvalue weighted by Gasteiger charge is -2.16. The fourth-order valence-electron chi connectivity index (χ4n) is 2.44. The molecule has 0 unspecified atom stereocenters. The molecule has 0 spiro atoms. The van der Waals surface area contributed by atoms with Crippen LogP contribution in [-0.4, -0.2) is 0 Å². The quantitative estimate of drug-likeness (QED) is 0.463. The first-order valence-electron chi connectivity index (χ1n) is 9.83. The summed E-state index contributed by atoms with van der Waals surface area (Å²) in [5, 5.41) is 0. The molecule has 0 bridgehead atoms. The van der Waals surface area contributed by atoms with Crippen molar-refractivity contribution in [2.45, 2.75) is 41.5 Å². The first-order valence-corrected chi connectivity index (χ1v) is 9.83. The molecule has 2 heterocycles. The molecular formula is C26H32O2. The standard InChI is InChI=1S/2C11H10O.2C2H6/c2*1-8-7-10-5-3-4-6-11(10)12-9(8)2;2*1-2/h2*3-7H,2H2,1H3;2*1-2H3. The maximum Gasteiger partial charge on any atom is 0.134 e. The van der Waals surface area contributed by atoms with Crippen LogP contribution in [0.2, 0.25) is 0 Å². The third kappa shape index (κ3) is 6.02. The largest absolute Gasteiger partial charge is 0.457 e. The molecular weight excluding hydrogens is 344 g/mol. The van der Waals surface area contributed by atoms with Crippen LogP contribution in [0, 0.1) is 0 Å². The summed E-state index contributed by atoms with van der Waals surface area (Å²) in [6, 6.07) is 15.9. The average Bonchev–Trinajstić information content (AvgIpc) is 2.73. The highest BCUT2D eigenvalue weighted by molar-refractivity contribution is 5.66. The Morgan fingerprint density at radius 3 is 1.25 bits per heavy atom. The first-order chi connectivity index (χ1) is 13.5. The lowest BCUT2D eigenvalue weighted by molar-refractivity contribution is 0.433. The van der Waals surface area contributed by atoms with Gasteiger partial charge in [0.1, 0.15) is 23.0 Å². The van der Waals surface area contributed by atoms with E-state index in [1.165, 1.54) is 0 Å². The zero-order valence-corrected chi connectivity index (χ0v) is 18.0. The minimum atomic E-state index is 0.744. The molecule has 0 saturated carbocycles. The minimum Gasteiger partial charge on any atom is -0.457 e. The number of fused-ring (bicyclic) bond motifs is 2. The molecule has 148 valence electrons. The van der Waals surface area contributed by atoms with Crippen LogP contribution in [-0.2, 0) is 0 Å². The summed E-state index contributed by atoms with van der Waals surface area (Å²) in [4.78, 5) is 0. The number of rotatable bonds is 0. The number of hydrogen-bond acceptors (Lipinski definition) is 2. The van der Waals surface area contributed by atoms with Crippen molar-refractivity contribution in [3.05, 3.63) is 95.5 Å². The third-order valence-electron chi connectivity index (χ3n) is 3.93. The van der Waals surface area contributed by atoms with E-state index in [0.29, 0.717) is 0 Å². The molecule has 4 rings (SSSR count). The molecule has 0 saturated heterocycles. The normalized spacial score (nSPS) is 13.1. The number of hydrogen-bond donors (Lipinski definition) is 0. The van der Waals surface area contributed by atoms with Gasteiger partial charge in [-0.15, -0.1) is 0 Å². The fourth-order valence-corrected chi connectivity index (χ4v) is 2.44. The Kier molecular flexibility index (Phi) is 9.59. The SMILES string of the molecule is C=C1Oc2ccccc2C=C1C.C=C1Oc2ccccc2C=C1C.CC.CC. The summed E-state index contributed by atoms with van der Waals surface area (Å²) in [6.07, 6.45) is 4.17. The Labute approximate surface area is 170 Å². The zero-order valence-electron chi connectivity index (χ0n) is 18.0. The Morgan fingerprint density at radius 2 is 0.893 bits per heavy atom.